The Hall–Kier alpha value is -2.69. The average Bonchev–Trinajstić information content (AvgIpc) is 3.23. The summed E-state index contributed by atoms with van der Waals surface area (Å²) < 4.78 is 37.4. The van der Waals surface area contributed by atoms with Gasteiger partial charge in [-0.2, -0.15) is 8.78 Å². The van der Waals surface area contributed by atoms with Gasteiger partial charge in [0.2, 0.25) is 0 Å². The molecule has 1 aromatic carbocycles. The quantitative estimate of drug-likeness (QED) is 0.556. The molecule has 7 nitrogen and oxygen atoms in total. The van der Waals surface area contributed by atoms with Crippen LogP contribution in [0.1, 0.15) is 0 Å². The van der Waals surface area contributed by atoms with E-state index in [-0.39, 0.29) is 12.3 Å². The standard InChI is InChI=1S/C18H17F2N3O4S/c1-26-4-5-27-15-7-14(16-8-21-10-28-16)23-13-3-2-11(6-12(13)15)22-17(25)18(19,20)9-24/h2-3,6-8,10,24H,4-5,9H2,1H3,(H,22,25). The Bertz CT molecular complexity index is 967. The first-order valence-corrected chi connectivity index (χ1v) is 9.08. The number of carbonyl (C=O) groups is 1. The Morgan fingerprint density at radius 3 is 2.82 bits per heavy atom. The number of hydrogen-bond acceptors (Lipinski definition) is 7. The smallest absolute Gasteiger partial charge is 0.347 e. The lowest BCUT2D eigenvalue weighted by molar-refractivity contribution is -0.144. The van der Waals surface area contributed by atoms with Crippen molar-refractivity contribution < 1.29 is 28.2 Å². The number of thiazole rings is 1. The summed E-state index contributed by atoms with van der Waals surface area (Å²) in [5.74, 6) is -5.00. The number of aromatic nitrogens is 2. The third kappa shape index (κ3) is 4.41. The number of rotatable bonds is 8. The largest absolute Gasteiger partial charge is 0.490 e. The molecule has 0 aliphatic heterocycles. The van der Waals surface area contributed by atoms with Gasteiger partial charge < -0.3 is 19.9 Å². The number of nitrogens with zero attached hydrogens (tertiary/aromatic N) is 2. The number of pyridine rings is 1. The van der Waals surface area contributed by atoms with Gasteiger partial charge in [-0.15, -0.1) is 11.3 Å². The van der Waals surface area contributed by atoms with Gasteiger partial charge in [0, 0.05) is 30.4 Å². The van der Waals surface area contributed by atoms with Crippen molar-refractivity contribution in [3.63, 3.8) is 0 Å². The Morgan fingerprint density at radius 2 is 2.14 bits per heavy atom. The van der Waals surface area contributed by atoms with E-state index in [9.17, 15) is 13.6 Å². The fourth-order valence-electron chi connectivity index (χ4n) is 2.39. The molecule has 3 rings (SSSR count). The fraction of sp³-hybridized carbons (Fsp3) is 0.278. The number of anilines is 1. The number of carbonyl (C=O) groups excluding carboxylic acids is 1. The normalized spacial score (nSPS) is 11.6. The van der Waals surface area contributed by atoms with Gasteiger partial charge in [0.05, 0.1) is 28.2 Å². The number of alkyl halides is 2. The van der Waals surface area contributed by atoms with E-state index in [0.29, 0.717) is 29.0 Å². The number of amides is 1. The van der Waals surface area contributed by atoms with Crippen LogP contribution in [0.2, 0.25) is 0 Å². The summed E-state index contributed by atoms with van der Waals surface area (Å²) in [5, 5.41) is 11.3. The van der Waals surface area contributed by atoms with E-state index in [1.807, 2.05) is 0 Å². The number of methoxy groups -OCH3 is 1. The molecule has 0 aliphatic rings. The second-order valence-electron chi connectivity index (χ2n) is 5.76. The van der Waals surface area contributed by atoms with Crippen LogP contribution in [0.25, 0.3) is 21.5 Å². The number of aliphatic hydroxyl groups is 1. The average molecular weight is 409 g/mol. The molecular weight excluding hydrogens is 392 g/mol. The highest BCUT2D eigenvalue weighted by molar-refractivity contribution is 7.13. The Balaban J connectivity index is 1.99. The van der Waals surface area contributed by atoms with Crippen molar-refractivity contribution in [2.24, 2.45) is 0 Å². The Kier molecular flexibility index (Phi) is 6.12. The van der Waals surface area contributed by atoms with E-state index in [2.05, 4.69) is 15.3 Å². The number of hydrogen-bond donors (Lipinski definition) is 2. The molecule has 0 spiro atoms. The summed E-state index contributed by atoms with van der Waals surface area (Å²) in [4.78, 5) is 21.1. The van der Waals surface area contributed by atoms with Crippen LogP contribution in [-0.2, 0) is 9.53 Å². The molecule has 0 atom stereocenters. The predicted molar refractivity (Wildman–Crippen MR) is 101 cm³/mol. The summed E-state index contributed by atoms with van der Waals surface area (Å²) in [5.41, 5.74) is 3.04. The maximum atomic E-state index is 13.3. The van der Waals surface area contributed by atoms with Gasteiger partial charge in [-0.05, 0) is 18.2 Å². The zero-order valence-electron chi connectivity index (χ0n) is 14.8. The van der Waals surface area contributed by atoms with Gasteiger partial charge >= 0.3 is 5.92 Å². The SMILES string of the molecule is COCCOc1cc(-c2cncs2)nc2ccc(NC(=O)C(F)(F)CO)cc12. The first-order chi connectivity index (χ1) is 13.4. The minimum atomic E-state index is -3.87. The van der Waals surface area contributed by atoms with Crippen molar-refractivity contribution in [3.05, 3.63) is 36.0 Å². The molecule has 1 amide bonds. The lowest BCUT2D eigenvalue weighted by Gasteiger charge is -2.15. The number of nitrogens with one attached hydrogen (secondary N) is 1. The van der Waals surface area contributed by atoms with Gasteiger partial charge in [0.1, 0.15) is 19.0 Å². The van der Waals surface area contributed by atoms with Crippen LogP contribution in [0.5, 0.6) is 5.75 Å². The van der Waals surface area contributed by atoms with Crippen LogP contribution in [0.15, 0.2) is 36.0 Å². The van der Waals surface area contributed by atoms with Crippen molar-refractivity contribution >= 4 is 33.8 Å². The highest BCUT2D eigenvalue weighted by Crippen LogP contribution is 2.33. The molecule has 0 aliphatic carbocycles. The number of ether oxygens (including phenoxy) is 2. The summed E-state index contributed by atoms with van der Waals surface area (Å²) in [6, 6.07) is 6.26. The third-order valence-electron chi connectivity index (χ3n) is 3.79. The monoisotopic (exact) mass is 409 g/mol. The molecule has 28 heavy (non-hydrogen) atoms. The van der Waals surface area contributed by atoms with Gasteiger partial charge in [-0.25, -0.2) is 4.98 Å². The van der Waals surface area contributed by atoms with Crippen LogP contribution in [0, 0.1) is 0 Å². The topological polar surface area (TPSA) is 93.6 Å². The van der Waals surface area contributed by atoms with E-state index in [4.69, 9.17) is 14.6 Å². The molecular formula is C18H17F2N3O4S. The van der Waals surface area contributed by atoms with Crippen LogP contribution < -0.4 is 10.1 Å². The number of halogens is 2. The van der Waals surface area contributed by atoms with Crippen LogP contribution >= 0.6 is 11.3 Å². The molecule has 2 heterocycles. The zero-order chi connectivity index (χ0) is 20.1. The lowest BCUT2D eigenvalue weighted by Crippen LogP contribution is -2.37. The summed E-state index contributed by atoms with van der Waals surface area (Å²) >= 11 is 1.42. The van der Waals surface area contributed by atoms with E-state index in [0.717, 1.165) is 4.88 Å². The van der Waals surface area contributed by atoms with Crippen molar-refractivity contribution in [3.8, 4) is 16.3 Å². The molecule has 10 heteroatoms. The molecule has 0 radical (unpaired) electrons. The highest BCUT2D eigenvalue weighted by atomic mass is 32.1. The summed E-state index contributed by atoms with van der Waals surface area (Å²) in [6.07, 6.45) is 1.68. The van der Waals surface area contributed by atoms with Crippen LogP contribution in [0.3, 0.4) is 0 Å². The number of aliphatic hydroxyl groups excluding tert-OH is 1. The molecule has 2 aromatic heterocycles. The second kappa shape index (κ2) is 8.55. The van der Waals surface area contributed by atoms with Crippen molar-refractivity contribution in [1.82, 2.24) is 9.97 Å². The van der Waals surface area contributed by atoms with Gasteiger partial charge in [0.25, 0.3) is 5.91 Å². The maximum absolute atomic E-state index is 13.3. The second-order valence-corrected chi connectivity index (χ2v) is 6.65. The Morgan fingerprint density at radius 1 is 1.32 bits per heavy atom. The number of fused-ring (bicyclic) bond motifs is 1. The molecule has 0 saturated carbocycles. The predicted octanol–water partition coefficient (Wildman–Crippen LogP) is 2.95. The van der Waals surface area contributed by atoms with Crippen molar-refractivity contribution in [1.29, 1.82) is 0 Å². The highest BCUT2D eigenvalue weighted by Gasteiger charge is 2.38. The van der Waals surface area contributed by atoms with E-state index < -0.39 is 18.4 Å². The fourth-order valence-corrected chi connectivity index (χ4v) is 2.97. The van der Waals surface area contributed by atoms with Gasteiger partial charge in [0.15, 0.2) is 0 Å². The maximum Gasteiger partial charge on any atom is 0.347 e. The molecule has 0 bridgehead atoms. The minimum Gasteiger partial charge on any atom is -0.490 e. The Labute approximate surface area is 163 Å². The molecule has 0 fully saturated rings. The van der Waals surface area contributed by atoms with Crippen molar-refractivity contribution in [2.75, 3.05) is 32.2 Å². The first kappa shape index (κ1) is 20.1. The first-order valence-electron chi connectivity index (χ1n) is 8.20. The van der Waals surface area contributed by atoms with Crippen molar-refractivity contribution in [2.45, 2.75) is 5.92 Å². The van der Waals surface area contributed by atoms with Crippen LogP contribution in [0.4, 0.5) is 14.5 Å². The summed E-state index contributed by atoms with van der Waals surface area (Å²) in [7, 11) is 1.55. The molecule has 0 saturated heterocycles. The van der Waals surface area contributed by atoms with E-state index in [1.54, 1.807) is 30.9 Å². The van der Waals surface area contributed by atoms with Gasteiger partial charge in [-0.1, -0.05) is 0 Å². The number of benzene rings is 1. The summed E-state index contributed by atoms with van der Waals surface area (Å²) in [6.45, 7) is -0.937. The third-order valence-corrected chi connectivity index (χ3v) is 4.58. The molecule has 148 valence electrons. The molecule has 3 aromatic rings. The van der Waals surface area contributed by atoms with Gasteiger partial charge in [-0.3, -0.25) is 9.78 Å². The molecule has 0 unspecified atom stereocenters. The lowest BCUT2D eigenvalue weighted by atomic mass is 10.1. The zero-order valence-corrected chi connectivity index (χ0v) is 15.6. The minimum absolute atomic E-state index is 0.134. The van der Waals surface area contributed by atoms with E-state index >= 15 is 0 Å². The van der Waals surface area contributed by atoms with E-state index in [1.165, 1.54) is 23.5 Å². The molecule has 2 N–H and O–H groups in total. The van der Waals surface area contributed by atoms with Crippen LogP contribution in [-0.4, -0.2) is 53.8 Å².